The van der Waals surface area contributed by atoms with E-state index in [1.165, 1.54) is 6.07 Å². The van der Waals surface area contributed by atoms with Gasteiger partial charge in [-0.05, 0) is 51.8 Å². The number of nitrogens with zero attached hydrogens (tertiary/aromatic N) is 3. The molecule has 3 N–H and O–H groups in total. The van der Waals surface area contributed by atoms with Crippen molar-refractivity contribution in [2.24, 2.45) is 0 Å². The van der Waals surface area contributed by atoms with Gasteiger partial charge in [-0.1, -0.05) is 0 Å². The van der Waals surface area contributed by atoms with E-state index in [9.17, 15) is 19.7 Å². The molecule has 0 amide bonds. The van der Waals surface area contributed by atoms with Gasteiger partial charge in [0.1, 0.15) is 11.6 Å². The van der Waals surface area contributed by atoms with Crippen molar-refractivity contribution in [1.29, 1.82) is 0 Å². The smallest absolute Gasteiger partial charge is 0.197 e. The van der Waals surface area contributed by atoms with Gasteiger partial charge in [-0.2, -0.15) is 0 Å². The number of aliphatic hydroxyl groups excluding tert-OH is 1. The first kappa shape index (κ1) is 22.7. The lowest BCUT2D eigenvalue weighted by atomic mass is 9.93. The van der Waals surface area contributed by atoms with E-state index in [4.69, 9.17) is 4.74 Å². The number of piperazine rings is 1. The van der Waals surface area contributed by atoms with Crippen LogP contribution in [0.1, 0.15) is 37.8 Å². The molecule has 1 atom stereocenters. The largest absolute Gasteiger partial charge is 0.494 e. The Morgan fingerprint density at radius 2 is 1.78 bits per heavy atom. The van der Waals surface area contributed by atoms with Crippen LogP contribution in [0.2, 0.25) is 0 Å². The first-order chi connectivity index (χ1) is 15.3. The first-order valence-corrected chi connectivity index (χ1v) is 11.6. The SMILES string of the molecule is CC(C)Oc1ccc(F)cc1N1CCN(CCCn2c(O)c3c(c2O)CC(O)CC3)CC1. The molecule has 1 aliphatic carbocycles. The molecule has 1 fully saturated rings. The average Bonchev–Trinajstić information content (AvgIpc) is 2.99. The molecule has 2 heterocycles. The number of benzene rings is 1. The molecule has 1 aliphatic heterocycles. The average molecular weight is 448 g/mol. The Kier molecular flexibility index (Phi) is 6.81. The van der Waals surface area contributed by atoms with Crippen molar-refractivity contribution >= 4 is 5.69 Å². The number of anilines is 1. The summed E-state index contributed by atoms with van der Waals surface area (Å²) >= 11 is 0. The third-order valence-corrected chi connectivity index (χ3v) is 6.44. The molecule has 176 valence electrons. The van der Waals surface area contributed by atoms with Crippen LogP contribution in [0.15, 0.2) is 18.2 Å². The van der Waals surface area contributed by atoms with Gasteiger partial charge in [0.15, 0.2) is 11.8 Å². The summed E-state index contributed by atoms with van der Waals surface area (Å²) in [5.41, 5.74) is 2.26. The summed E-state index contributed by atoms with van der Waals surface area (Å²) in [6.07, 6.45) is 1.96. The van der Waals surface area contributed by atoms with E-state index in [0.717, 1.165) is 50.4 Å². The minimum atomic E-state index is -0.454. The van der Waals surface area contributed by atoms with Gasteiger partial charge in [-0.25, -0.2) is 4.39 Å². The Labute approximate surface area is 188 Å². The molecule has 0 radical (unpaired) electrons. The van der Waals surface area contributed by atoms with Crippen molar-refractivity contribution < 1.29 is 24.4 Å². The van der Waals surface area contributed by atoms with Crippen molar-refractivity contribution in [3.05, 3.63) is 35.1 Å². The quantitative estimate of drug-likeness (QED) is 0.606. The van der Waals surface area contributed by atoms with Gasteiger partial charge < -0.3 is 25.0 Å². The fourth-order valence-electron chi connectivity index (χ4n) is 4.79. The number of hydrogen-bond acceptors (Lipinski definition) is 6. The third-order valence-electron chi connectivity index (χ3n) is 6.44. The van der Waals surface area contributed by atoms with Crippen LogP contribution in [0, 0.1) is 5.82 Å². The molecule has 1 saturated heterocycles. The molecule has 0 saturated carbocycles. The highest BCUT2D eigenvalue weighted by Crippen LogP contribution is 2.39. The maximum atomic E-state index is 13.9. The third kappa shape index (κ3) is 4.81. The molecule has 7 nitrogen and oxygen atoms in total. The van der Waals surface area contributed by atoms with Crippen LogP contribution < -0.4 is 9.64 Å². The zero-order valence-electron chi connectivity index (χ0n) is 18.9. The minimum absolute atomic E-state index is 0.0240. The van der Waals surface area contributed by atoms with Gasteiger partial charge in [-0.15, -0.1) is 0 Å². The summed E-state index contributed by atoms with van der Waals surface area (Å²) in [4.78, 5) is 4.51. The summed E-state index contributed by atoms with van der Waals surface area (Å²) in [7, 11) is 0. The maximum absolute atomic E-state index is 13.9. The summed E-state index contributed by atoms with van der Waals surface area (Å²) < 4.78 is 21.3. The molecule has 2 aliphatic rings. The summed E-state index contributed by atoms with van der Waals surface area (Å²) in [5.74, 6) is 0.672. The van der Waals surface area contributed by atoms with E-state index in [0.29, 0.717) is 37.1 Å². The number of fused-ring (bicyclic) bond motifs is 1. The van der Waals surface area contributed by atoms with Crippen molar-refractivity contribution in [3.8, 4) is 17.5 Å². The maximum Gasteiger partial charge on any atom is 0.197 e. The Morgan fingerprint density at radius 3 is 2.50 bits per heavy atom. The standard InChI is InChI=1S/C24H34FN3O4/c1-16(2)32-22-7-4-17(25)14-21(22)27-12-10-26(11-13-27)8-3-9-28-23(30)19-6-5-18(29)15-20(19)24(28)31/h4,7,14,16,18,29-31H,3,5-6,8-13,15H2,1-2H3. The van der Waals surface area contributed by atoms with Crippen LogP contribution in [0.25, 0.3) is 0 Å². The molecule has 1 aromatic heterocycles. The minimum Gasteiger partial charge on any atom is -0.494 e. The van der Waals surface area contributed by atoms with E-state index in [-0.39, 0.29) is 23.7 Å². The lowest BCUT2D eigenvalue weighted by Crippen LogP contribution is -2.47. The van der Waals surface area contributed by atoms with E-state index < -0.39 is 6.10 Å². The molecule has 1 aromatic carbocycles. The Balaban J connectivity index is 1.31. The second-order valence-corrected chi connectivity index (χ2v) is 9.11. The first-order valence-electron chi connectivity index (χ1n) is 11.6. The number of rotatable bonds is 7. The van der Waals surface area contributed by atoms with Gasteiger partial charge in [0.05, 0.1) is 17.9 Å². The van der Waals surface area contributed by atoms with Crippen LogP contribution in [0.5, 0.6) is 17.5 Å². The van der Waals surface area contributed by atoms with Crippen LogP contribution in [0.3, 0.4) is 0 Å². The Morgan fingerprint density at radius 1 is 1.06 bits per heavy atom. The fourth-order valence-corrected chi connectivity index (χ4v) is 4.79. The molecule has 8 heteroatoms. The van der Waals surface area contributed by atoms with E-state index in [1.807, 2.05) is 13.8 Å². The van der Waals surface area contributed by atoms with Crippen molar-refractivity contribution in [1.82, 2.24) is 9.47 Å². The number of ether oxygens (including phenoxy) is 1. The number of aromatic nitrogens is 1. The molecule has 0 spiro atoms. The molecule has 2 aromatic rings. The lowest BCUT2D eigenvalue weighted by Gasteiger charge is -2.37. The van der Waals surface area contributed by atoms with Crippen molar-refractivity contribution in [2.45, 2.75) is 58.3 Å². The molecular formula is C24H34FN3O4. The van der Waals surface area contributed by atoms with Crippen LogP contribution in [-0.2, 0) is 19.4 Å². The van der Waals surface area contributed by atoms with Gasteiger partial charge in [0.25, 0.3) is 0 Å². The number of aromatic hydroxyl groups is 2. The molecule has 0 bridgehead atoms. The Hall–Kier alpha value is -2.45. The highest BCUT2D eigenvalue weighted by Gasteiger charge is 2.28. The summed E-state index contributed by atoms with van der Waals surface area (Å²) in [6.45, 7) is 8.56. The Bertz CT molecular complexity index is 938. The molecule has 32 heavy (non-hydrogen) atoms. The lowest BCUT2D eigenvalue weighted by molar-refractivity contribution is 0.157. The van der Waals surface area contributed by atoms with Crippen LogP contribution in [-0.4, -0.2) is 69.7 Å². The zero-order chi connectivity index (χ0) is 22.8. The topological polar surface area (TPSA) is 81.3 Å². The normalized spacial score (nSPS) is 19.4. The summed E-state index contributed by atoms with van der Waals surface area (Å²) in [6, 6.07) is 4.68. The van der Waals surface area contributed by atoms with Crippen molar-refractivity contribution in [3.63, 3.8) is 0 Å². The molecule has 1 unspecified atom stereocenters. The zero-order valence-corrected chi connectivity index (χ0v) is 18.9. The van der Waals surface area contributed by atoms with Gasteiger partial charge >= 0.3 is 0 Å². The van der Waals surface area contributed by atoms with E-state index in [1.54, 1.807) is 16.7 Å². The van der Waals surface area contributed by atoms with Gasteiger partial charge in [0, 0.05) is 56.3 Å². The van der Waals surface area contributed by atoms with Crippen LogP contribution in [0.4, 0.5) is 10.1 Å². The summed E-state index contributed by atoms with van der Waals surface area (Å²) in [5, 5.41) is 30.9. The highest BCUT2D eigenvalue weighted by atomic mass is 19.1. The molecular weight excluding hydrogens is 413 g/mol. The predicted octanol–water partition coefficient (Wildman–Crippen LogP) is 2.89. The second-order valence-electron chi connectivity index (χ2n) is 9.11. The fraction of sp³-hybridized carbons (Fsp3) is 0.583. The highest BCUT2D eigenvalue weighted by molar-refractivity contribution is 5.59. The number of hydrogen-bond donors (Lipinski definition) is 3. The second kappa shape index (κ2) is 9.58. The van der Waals surface area contributed by atoms with Gasteiger partial charge in [0.2, 0.25) is 0 Å². The van der Waals surface area contributed by atoms with Crippen LogP contribution >= 0.6 is 0 Å². The monoisotopic (exact) mass is 447 g/mol. The predicted molar refractivity (Wildman–Crippen MR) is 121 cm³/mol. The number of aliphatic hydroxyl groups is 1. The van der Waals surface area contributed by atoms with E-state index >= 15 is 0 Å². The van der Waals surface area contributed by atoms with E-state index in [2.05, 4.69) is 9.80 Å². The van der Waals surface area contributed by atoms with Crippen molar-refractivity contribution in [2.75, 3.05) is 37.6 Å². The molecule has 4 rings (SSSR count). The number of halogens is 1. The van der Waals surface area contributed by atoms with Gasteiger partial charge in [-0.3, -0.25) is 9.47 Å².